The minimum atomic E-state index is -0.145. The second-order valence-electron chi connectivity index (χ2n) is 6.99. The molecule has 2 atom stereocenters. The summed E-state index contributed by atoms with van der Waals surface area (Å²) in [6.07, 6.45) is 3.37. The van der Waals surface area contributed by atoms with Crippen LogP contribution in [0.15, 0.2) is 18.2 Å². The fourth-order valence-electron chi connectivity index (χ4n) is 3.49. The van der Waals surface area contributed by atoms with Crippen LogP contribution in [0.4, 0.5) is 5.69 Å². The Morgan fingerprint density at radius 1 is 1.38 bits per heavy atom. The number of carbonyl (C=O) groups is 1. The molecule has 1 aromatic rings. The van der Waals surface area contributed by atoms with E-state index in [4.69, 9.17) is 10.5 Å². The van der Waals surface area contributed by atoms with Crippen molar-refractivity contribution in [3.63, 3.8) is 0 Å². The molecule has 0 aromatic heterocycles. The zero-order valence-electron chi connectivity index (χ0n) is 13.4. The van der Waals surface area contributed by atoms with Crippen LogP contribution in [0.3, 0.4) is 0 Å². The van der Waals surface area contributed by atoms with E-state index in [1.54, 1.807) is 25.2 Å². The predicted molar refractivity (Wildman–Crippen MR) is 85.5 cm³/mol. The average molecular weight is 290 g/mol. The highest BCUT2D eigenvalue weighted by Crippen LogP contribution is 2.40. The SMILES string of the molecule is CNC(=O)c1ccc(N)cc1OC1CC(C)CC(C)(C)C1. The van der Waals surface area contributed by atoms with Crippen LogP contribution in [-0.4, -0.2) is 19.1 Å². The normalized spacial score (nSPS) is 24.4. The van der Waals surface area contributed by atoms with Gasteiger partial charge in [-0.1, -0.05) is 20.8 Å². The number of nitrogens with two attached hydrogens (primary N) is 1. The summed E-state index contributed by atoms with van der Waals surface area (Å²) in [6, 6.07) is 5.20. The Morgan fingerprint density at radius 2 is 2.10 bits per heavy atom. The number of rotatable bonds is 3. The Hall–Kier alpha value is -1.71. The topological polar surface area (TPSA) is 64.4 Å². The third-order valence-corrected chi connectivity index (χ3v) is 4.12. The summed E-state index contributed by atoms with van der Waals surface area (Å²) in [5.41, 5.74) is 7.27. The molecule has 0 heterocycles. The van der Waals surface area contributed by atoms with Gasteiger partial charge in [-0.25, -0.2) is 0 Å². The number of ether oxygens (including phenoxy) is 1. The minimum absolute atomic E-state index is 0.133. The summed E-state index contributed by atoms with van der Waals surface area (Å²) < 4.78 is 6.16. The number of benzene rings is 1. The second-order valence-corrected chi connectivity index (χ2v) is 6.99. The lowest BCUT2D eigenvalue weighted by Gasteiger charge is -2.39. The molecule has 0 bridgehead atoms. The van der Waals surface area contributed by atoms with E-state index in [9.17, 15) is 4.79 Å². The lowest BCUT2D eigenvalue weighted by atomic mass is 9.71. The van der Waals surface area contributed by atoms with Crippen molar-refractivity contribution >= 4 is 11.6 Å². The van der Waals surface area contributed by atoms with Gasteiger partial charge in [0, 0.05) is 18.8 Å². The largest absolute Gasteiger partial charge is 0.489 e. The van der Waals surface area contributed by atoms with Gasteiger partial charge in [-0.05, 0) is 42.7 Å². The molecule has 21 heavy (non-hydrogen) atoms. The molecule has 3 N–H and O–H groups in total. The van der Waals surface area contributed by atoms with E-state index < -0.39 is 0 Å². The van der Waals surface area contributed by atoms with E-state index in [0.717, 1.165) is 12.8 Å². The third kappa shape index (κ3) is 3.90. The first-order valence-corrected chi connectivity index (χ1v) is 7.59. The van der Waals surface area contributed by atoms with Gasteiger partial charge in [-0.3, -0.25) is 4.79 Å². The molecule has 116 valence electrons. The fourth-order valence-corrected chi connectivity index (χ4v) is 3.49. The highest BCUT2D eigenvalue weighted by atomic mass is 16.5. The average Bonchev–Trinajstić information content (AvgIpc) is 2.35. The maximum absolute atomic E-state index is 11.9. The molecule has 1 aliphatic rings. The van der Waals surface area contributed by atoms with Gasteiger partial charge in [0.2, 0.25) is 0 Å². The first-order chi connectivity index (χ1) is 9.80. The quantitative estimate of drug-likeness (QED) is 0.840. The van der Waals surface area contributed by atoms with Crippen LogP contribution in [0, 0.1) is 11.3 Å². The van der Waals surface area contributed by atoms with Crippen molar-refractivity contribution in [1.29, 1.82) is 0 Å². The van der Waals surface area contributed by atoms with E-state index in [-0.39, 0.29) is 17.4 Å². The van der Waals surface area contributed by atoms with Crippen molar-refractivity contribution in [1.82, 2.24) is 5.32 Å². The molecule has 0 radical (unpaired) electrons. The number of anilines is 1. The lowest BCUT2D eigenvalue weighted by molar-refractivity contribution is 0.0553. The predicted octanol–water partition coefficient (Wildman–Crippen LogP) is 3.22. The zero-order chi connectivity index (χ0) is 15.6. The molecule has 1 fully saturated rings. The molecular formula is C17H26N2O2. The Bertz CT molecular complexity index is 526. The maximum Gasteiger partial charge on any atom is 0.254 e. The molecule has 4 heteroatoms. The summed E-state index contributed by atoms with van der Waals surface area (Å²) in [4.78, 5) is 11.9. The summed E-state index contributed by atoms with van der Waals surface area (Å²) in [5, 5.41) is 2.64. The first kappa shape index (κ1) is 15.7. The molecule has 1 aliphatic carbocycles. The highest BCUT2D eigenvalue weighted by molar-refractivity contribution is 5.97. The number of carbonyl (C=O) groups excluding carboxylic acids is 1. The maximum atomic E-state index is 11.9. The number of hydrogen-bond donors (Lipinski definition) is 2. The van der Waals surface area contributed by atoms with Crippen LogP contribution in [0.2, 0.25) is 0 Å². The second kappa shape index (κ2) is 5.96. The van der Waals surface area contributed by atoms with Gasteiger partial charge in [-0.15, -0.1) is 0 Å². The van der Waals surface area contributed by atoms with E-state index in [2.05, 4.69) is 26.1 Å². The van der Waals surface area contributed by atoms with E-state index >= 15 is 0 Å². The van der Waals surface area contributed by atoms with Gasteiger partial charge in [0.25, 0.3) is 5.91 Å². The Morgan fingerprint density at radius 3 is 2.71 bits per heavy atom. The van der Waals surface area contributed by atoms with Crippen LogP contribution >= 0.6 is 0 Å². The van der Waals surface area contributed by atoms with Crippen molar-refractivity contribution < 1.29 is 9.53 Å². The Kier molecular flexibility index (Phi) is 4.45. The van der Waals surface area contributed by atoms with Crippen molar-refractivity contribution in [3.05, 3.63) is 23.8 Å². The van der Waals surface area contributed by atoms with Crippen LogP contribution < -0.4 is 15.8 Å². The van der Waals surface area contributed by atoms with Gasteiger partial charge in [-0.2, -0.15) is 0 Å². The standard InChI is InChI=1S/C17H26N2O2/c1-11-7-13(10-17(2,3)9-11)21-15-8-12(18)5-6-14(15)16(20)19-4/h5-6,8,11,13H,7,9-10,18H2,1-4H3,(H,19,20). The first-order valence-electron chi connectivity index (χ1n) is 7.59. The third-order valence-electron chi connectivity index (χ3n) is 4.12. The molecule has 1 saturated carbocycles. The number of amides is 1. The molecule has 2 unspecified atom stereocenters. The number of hydrogen-bond acceptors (Lipinski definition) is 3. The Labute approximate surface area is 127 Å². The van der Waals surface area contributed by atoms with Crippen molar-refractivity contribution in [2.24, 2.45) is 11.3 Å². The fraction of sp³-hybridized carbons (Fsp3) is 0.588. The van der Waals surface area contributed by atoms with Gasteiger partial charge in [0.1, 0.15) is 5.75 Å². The van der Waals surface area contributed by atoms with Gasteiger partial charge >= 0.3 is 0 Å². The molecule has 1 amide bonds. The molecule has 0 saturated heterocycles. The van der Waals surface area contributed by atoms with Crippen LogP contribution in [0.5, 0.6) is 5.75 Å². The van der Waals surface area contributed by atoms with Gasteiger partial charge in [0.05, 0.1) is 11.7 Å². The smallest absolute Gasteiger partial charge is 0.254 e. The van der Waals surface area contributed by atoms with E-state index in [1.807, 2.05) is 0 Å². The summed E-state index contributed by atoms with van der Waals surface area (Å²) in [5.74, 6) is 1.07. The molecule has 0 aliphatic heterocycles. The van der Waals surface area contributed by atoms with Crippen LogP contribution in [-0.2, 0) is 0 Å². The van der Waals surface area contributed by atoms with Crippen molar-refractivity contribution in [2.45, 2.75) is 46.1 Å². The lowest BCUT2D eigenvalue weighted by Crippen LogP contribution is -2.34. The van der Waals surface area contributed by atoms with Crippen LogP contribution in [0.25, 0.3) is 0 Å². The highest BCUT2D eigenvalue weighted by Gasteiger charge is 2.33. The molecule has 4 nitrogen and oxygen atoms in total. The monoisotopic (exact) mass is 290 g/mol. The molecule has 0 spiro atoms. The number of nitrogens with one attached hydrogen (secondary N) is 1. The Balaban J connectivity index is 2.22. The van der Waals surface area contributed by atoms with Crippen LogP contribution in [0.1, 0.15) is 50.4 Å². The molecule has 2 rings (SSSR count). The molecule has 1 aromatic carbocycles. The van der Waals surface area contributed by atoms with Gasteiger partial charge < -0.3 is 15.8 Å². The number of nitrogen functional groups attached to an aromatic ring is 1. The van der Waals surface area contributed by atoms with E-state index in [1.165, 1.54) is 6.42 Å². The zero-order valence-corrected chi connectivity index (χ0v) is 13.4. The van der Waals surface area contributed by atoms with Gasteiger partial charge in [0.15, 0.2) is 0 Å². The van der Waals surface area contributed by atoms with Crippen molar-refractivity contribution in [3.8, 4) is 5.75 Å². The van der Waals surface area contributed by atoms with Crippen molar-refractivity contribution in [2.75, 3.05) is 12.8 Å². The summed E-state index contributed by atoms with van der Waals surface area (Å²) in [7, 11) is 1.62. The molecular weight excluding hydrogens is 264 g/mol. The minimum Gasteiger partial charge on any atom is -0.489 e. The van der Waals surface area contributed by atoms with E-state index in [0.29, 0.717) is 22.9 Å². The summed E-state index contributed by atoms with van der Waals surface area (Å²) in [6.45, 7) is 6.81. The summed E-state index contributed by atoms with van der Waals surface area (Å²) >= 11 is 0.